The number of carbonyl (C=O) groups excluding carboxylic acids is 1. The summed E-state index contributed by atoms with van der Waals surface area (Å²) in [6.07, 6.45) is 0. The van der Waals surface area contributed by atoms with Gasteiger partial charge in [0.05, 0.1) is 17.7 Å². The van der Waals surface area contributed by atoms with E-state index in [-0.39, 0.29) is 24.9 Å². The summed E-state index contributed by atoms with van der Waals surface area (Å²) < 4.78 is 26.0. The topological polar surface area (TPSA) is 53.4 Å². The SMILES string of the molecule is CCOC(=O)c1cc(C)n(C(C)c2cc(Cl)ccc2OCc2ccc(F)cc2Cl)n1. The molecule has 158 valence electrons. The Balaban J connectivity index is 1.88. The van der Waals surface area contributed by atoms with Crippen molar-refractivity contribution in [2.45, 2.75) is 33.4 Å². The fraction of sp³-hybridized carbons (Fsp3) is 0.273. The summed E-state index contributed by atoms with van der Waals surface area (Å²) in [6.45, 7) is 5.96. The van der Waals surface area contributed by atoms with Gasteiger partial charge >= 0.3 is 5.97 Å². The average molecular weight is 451 g/mol. The van der Waals surface area contributed by atoms with Crippen LogP contribution in [0.25, 0.3) is 0 Å². The van der Waals surface area contributed by atoms with Gasteiger partial charge in [0, 0.05) is 21.8 Å². The quantitative estimate of drug-likeness (QED) is 0.414. The summed E-state index contributed by atoms with van der Waals surface area (Å²) in [5, 5.41) is 5.23. The molecule has 2 aromatic carbocycles. The average Bonchev–Trinajstić information content (AvgIpc) is 3.09. The lowest BCUT2D eigenvalue weighted by atomic mass is 10.1. The van der Waals surface area contributed by atoms with E-state index in [4.69, 9.17) is 32.7 Å². The van der Waals surface area contributed by atoms with Gasteiger partial charge in [-0.1, -0.05) is 29.3 Å². The summed E-state index contributed by atoms with van der Waals surface area (Å²) in [5.41, 5.74) is 2.47. The van der Waals surface area contributed by atoms with Crippen molar-refractivity contribution < 1.29 is 18.7 Å². The lowest BCUT2D eigenvalue weighted by molar-refractivity contribution is 0.0518. The number of hydrogen-bond donors (Lipinski definition) is 0. The molecular formula is C22H21Cl2FN2O3. The fourth-order valence-corrected chi connectivity index (χ4v) is 3.49. The molecule has 3 rings (SSSR count). The smallest absolute Gasteiger partial charge is 0.358 e. The summed E-state index contributed by atoms with van der Waals surface area (Å²) in [5.74, 6) is -0.295. The van der Waals surface area contributed by atoms with Gasteiger partial charge in [-0.25, -0.2) is 9.18 Å². The largest absolute Gasteiger partial charge is 0.488 e. The minimum atomic E-state index is -0.472. The molecule has 0 aliphatic carbocycles. The predicted octanol–water partition coefficient (Wildman–Crippen LogP) is 6.00. The first-order valence-electron chi connectivity index (χ1n) is 9.39. The lowest BCUT2D eigenvalue weighted by Gasteiger charge is -2.19. The number of nitrogens with zero attached hydrogens (tertiary/aromatic N) is 2. The number of hydrogen-bond acceptors (Lipinski definition) is 4. The van der Waals surface area contributed by atoms with E-state index in [0.29, 0.717) is 21.4 Å². The number of aryl methyl sites for hydroxylation is 1. The van der Waals surface area contributed by atoms with Gasteiger partial charge in [-0.05, 0) is 57.2 Å². The first kappa shape index (κ1) is 22.1. The second-order valence-electron chi connectivity index (χ2n) is 6.72. The van der Waals surface area contributed by atoms with Gasteiger partial charge in [-0.2, -0.15) is 5.10 Å². The maximum absolute atomic E-state index is 13.3. The summed E-state index contributed by atoms with van der Waals surface area (Å²) in [7, 11) is 0. The molecule has 0 spiro atoms. The highest BCUT2D eigenvalue weighted by Gasteiger charge is 2.20. The van der Waals surface area contributed by atoms with Crippen molar-refractivity contribution in [3.05, 3.63) is 80.8 Å². The van der Waals surface area contributed by atoms with Gasteiger partial charge in [-0.3, -0.25) is 4.68 Å². The maximum Gasteiger partial charge on any atom is 0.358 e. The molecule has 1 aromatic heterocycles. The van der Waals surface area contributed by atoms with E-state index in [1.54, 1.807) is 41.9 Å². The van der Waals surface area contributed by atoms with Gasteiger partial charge in [0.1, 0.15) is 18.2 Å². The molecule has 1 atom stereocenters. The zero-order valence-corrected chi connectivity index (χ0v) is 18.3. The second-order valence-corrected chi connectivity index (χ2v) is 7.56. The molecule has 0 amide bonds. The predicted molar refractivity (Wildman–Crippen MR) is 114 cm³/mol. The van der Waals surface area contributed by atoms with Gasteiger partial charge < -0.3 is 9.47 Å². The normalized spacial score (nSPS) is 11.9. The number of aromatic nitrogens is 2. The highest BCUT2D eigenvalue weighted by molar-refractivity contribution is 6.31. The van der Waals surface area contributed by atoms with Crippen molar-refractivity contribution in [3.63, 3.8) is 0 Å². The molecule has 0 radical (unpaired) electrons. The Morgan fingerprint density at radius 3 is 2.67 bits per heavy atom. The minimum absolute atomic E-state index is 0.159. The van der Waals surface area contributed by atoms with Crippen LogP contribution in [-0.2, 0) is 11.3 Å². The number of esters is 1. The zero-order chi connectivity index (χ0) is 21.8. The highest BCUT2D eigenvalue weighted by atomic mass is 35.5. The molecule has 1 unspecified atom stereocenters. The third kappa shape index (κ3) is 4.94. The molecular weight excluding hydrogens is 430 g/mol. The molecule has 3 aromatic rings. The van der Waals surface area contributed by atoms with E-state index in [2.05, 4.69) is 5.10 Å². The summed E-state index contributed by atoms with van der Waals surface area (Å²) in [6, 6.07) is 10.8. The van der Waals surface area contributed by atoms with Crippen molar-refractivity contribution in [1.82, 2.24) is 9.78 Å². The van der Waals surface area contributed by atoms with Crippen molar-refractivity contribution in [3.8, 4) is 5.75 Å². The van der Waals surface area contributed by atoms with E-state index < -0.39 is 11.8 Å². The molecule has 0 N–H and O–H groups in total. The van der Waals surface area contributed by atoms with Crippen LogP contribution in [0.3, 0.4) is 0 Å². The van der Waals surface area contributed by atoms with Gasteiger partial charge in [0.25, 0.3) is 0 Å². The summed E-state index contributed by atoms with van der Waals surface area (Å²) in [4.78, 5) is 12.0. The Morgan fingerprint density at radius 1 is 1.20 bits per heavy atom. The first-order valence-corrected chi connectivity index (χ1v) is 10.1. The van der Waals surface area contributed by atoms with Crippen molar-refractivity contribution in [1.29, 1.82) is 0 Å². The van der Waals surface area contributed by atoms with Gasteiger partial charge in [0.15, 0.2) is 5.69 Å². The monoisotopic (exact) mass is 450 g/mol. The van der Waals surface area contributed by atoms with E-state index in [1.165, 1.54) is 12.1 Å². The van der Waals surface area contributed by atoms with E-state index in [1.807, 2.05) is 13.8 Å². The fourth-order valence-electron chi connectivity index (χ4n) is 3.09. The van der Waals surface area contributed by atoms with Crippen LogP contribution in [-0.4, -0.2) is 22.4 Å². The van der Waals surface area contributed by atoms with E-state index >= 15 is 0 Å². The van der Waals surface area contributed by atoms with Crippen LogP contribution in [0, 0.1) is 12.7 Å². The van der Waals surface area contributed by atoms with Gasteiger partial charge in [-0.15, -0.1) is 0 Å². The van der Waals surface area contributed by atoms with E-state index in [0.717, 1.165) is 11.3 Å². The number of ether oxygens (including phenoxy) is 2. The number of rotatable bonds is 7. The molecule has 0 aliphatic rings. The molecule has 0 saturated heterocycles. The number of benzene rings is 2. The first-order chi connectivity index (χ1) is 14.3. The maximum atomic E-state index is 13.3. The highest BCUT2D eigenvalue weighted by Crippen LogP contribution is 2.32. The van der Waals surface area contributed by atoms with Crippen molar-refractivity contribution >= 4 is 29.2 Å². The Hall–Kier alpha value is -2.57. The molecule has 30 heavy (non-hydrogen) atoms. The molecule has 0 bridgehead atoms. The Bertz CT molecular complexity index is 1070. The minimum Gasteiger partial charge on any atom is -0.488 e. The van der Waals surface area contributed by atoms with Crippen LogP contribution in [0.1, 0.15) is 47.2 Å². The van der Waals surface area contributed by atoms with Crippen LogP contribution in [0.5, 0.6) is 5.75 Å². The molecule has 8 heteroatoms. The van der Waals surface area contributed by atoms with Crippen LogP contribution in [0.2, 0.25) is 10.0 Å². The lowest BCUT2D eigenvalue weighted by Crippen LogP contribution is -2.13. The van der Waals surface area contributed by atoms with Gasteiger partial charge in [0.2, 0.25) is 0 Å². The Morgan fingerprint density at radius 2 is 1.97 bits per heavy atom. The third-order valence-corrected chi connectivity index (χ3v) is 5.18. The molecule has 0 aliphatic heterocycles. The molecule has 0 saturated carbocycles. The third-order valence-electron chi connectivity index (χ3n) is 4.59. The number of carbonyl (C=O) groups is 1. The van der Waals surface area contributed by atoms with Crippen LogP contribution < -0.4 is 4.74 Å². The molecule has 0 fully saturated rings. The van der Waals surface area contributed by atoms with Crippen molar-refractivity contribution in [2.75, 3.05) is 6.61 Å². The Kier molecular flexibility index (Phi) is 7.00. The van der Waals surface area contributed by atoms with Crippen molar-refractivity contribution in [2.24, 2.45) is 0 Å². The summed E-state index contributed by atoms with van der Waals surface area (Å²) >= 11 is 12.3. The molecule has 5 nitrogen and oxygen atoms in total. The van der Waals surface area contributed by atoms with Crippen LogP contribution in [0.4, 0.5) is 4.39 Å². The number of halogens is 3. The standard InChI is InChI=1S/C22H21Cl2FN2O3/c1-4-29-22(28)20-9-13(2)27(26-20)14(3)18-10-16(23)6-8-21(18)30-12-15-5-7-17(25)11-19(15)24/h5-11,14H,4,12H2,1-3H3. The van der Waals surface area contributed by atoms with E-state index in [9.17, 15) is 9.18 Å². The Labute approximate surface area is 184 Å². The van der Waals surface area contributed by atoms with Crippen LogP contribution in [0.15, 0.2) is 42.5 Å². The zero-order valence-electron chi connectivity index (χ0n) is 16.8. The molecule has 1 heterocycles. The second kappa shape index (κ2) is 9.49. The van der Waals surface area contributed by atoms with Crippen LogP contribution >= 0.6 is 23.2 Å².